The van der Waals surface area contributed by atoms with Gasteiger partial charge in [0.15, 0.2) is 0 Å². The number of hydrogen-bond acceptors (Lipinski definition) is 6. The van der Waals surface area contributed by atoms with Gasteiger partial charge in [-0.1, -0.05) is 36.4 Å². The maximum atomic E-state index is 13.3. The van der Waals surface area contributed by atoms with E-state index in [1.807, 2.05) is 18.2 Å². The first-order valence-corrected chi connectivity index (χ1v) is 12.9. The number of amides is 2. The first-order chi connectivity index (χ1) is 18.6. The van der Waals surface area contributed by atoms with E-state index in [1.54, 1.807) is 44.6 Å². The van der Waals surface area contributed by atoms with Crippen molar-refractivity contribution in [2.45, 2.75) is 13.0 Å². The first kappa shape index (κ1) is 27.2. The van der Waals surface area contributed by atoms with Crippen LogP contribution in [0.4, 0.5) is 11.4 Å². The molecule has 0 bridgehead atoms. The summed E-state index contributed by atoms with van der Waals surface area (Å²) in [6.07, 6.45) is 0.724. The predicted octanol–water partition coefficient (Wildman–Crippen LogP) is 4.04. The van der Waals surface area contributed by atoms with Crippen LogP contribution in [0, 0.1) is 0 Å². The van der Waals surface area contributed by atoms with Crippen LogP contribution < -0.4 is 20.3 Å². The fraction of sp³-hybridized carbons (Fsp3) is 0.333. The number of anilines is 2. The Morgan fingerprint density at radius 2 is 1.66 bits per heavy atom. The van der Waals surface area contributed by atoms with Gasteiger partial charge in [0.05, 0.1) is 12.7 Å². The molecule has 38 heavy (non-hydrogen) atoms. The average molecular weight is 517 g/mol. The third-order valence-electron chi connectivity index (χ3n) is 6.60. The summed E-state index contributed by atoms with van der Waals surface area (Å²) in [5.41, 5.74) is 3.75. The van der Waals surface area contributed by atoms with Gasteiger partial charge in [-0.3, -0.25) is 14.5 Å². The van der Waals surface area contributed by atoms with Crippen molar-refractivity contribution in [3.63, 3.8) is 0 Å². The second-order valence-corrected chi connectivity index (χ2v) is 9.27. The summed E-state index contributed by atoms with van der Waals surface area (Å²) in [5.74, 6) is 0.174. The van der Waals surface area contributed by atoms with E-state index >= 15 is 0 Å². The summed E-state index contributed by atoms with van der Waals surface area (Å²) in [6, 6.07) is 23.0. The van der Waals surface area contributed by atoms with E-state index in [9.17, 15) is 9.59 Å². The number of benzene rings is 3. The molecule has 0 aliphatic carbocycles. The van der Waals surface area contributed by atoms with E-state index in [0.717, 1.165) is 44.8 Å². The Kier molecular flexibility index (Phi) is 9.72. The van der Waals surface area contributed by atoms with Crippen LogP contribution in [-0.4, -0.2) is 70.3 Å². The van der Waals surface area contributed by atoms with E-state index in [-0.39, 0.29) is 11.8 Å². The molecule has 1 saturated heterocycles. The Morgan fingerprint density at radius 1 is 0.868 bits per heavy atom. The Hall–Kier alpha value is -3.88. The Balaban J connectivity index is 1.48. The molecule has 0 unspecified atom stereocenters. The van der Waals surface area contributed by atoms with Crippen molar-refractivity contribution in [2.24, 2.45) is 0 Å². The van der Waals surface area contributed by atoms with Crippen molar-refractivity contribution in [1.29, 1.82) is 0 Å². The molecular weight excluding hydrogens is 480 g/mol. The molecule has 0 saturated carbocycles. The number of hydrogen-bond donors (Lipinski definition) is 2. The lowest BCUT2D eigenvalue weighted by molar-refractivity contribution is 0.0947. The topological polar surface area (TPSA) is 83.1 Å². The van der Waals surface area contributed by atoms with Gasteiger partial charge in [0.1, 0.15) is 5.75 Å². The average Bonchev–Trinajstić information content (AvgIpc) is 2.96. The summed E-state index contributed by atoms with van der Waals surface area (Å²) < 4.78 is 10.3. The molecule has 3 aromatic rings. The molecule has 1 fully saturated rings. The van der Waals surface area contributed by atoms with Crippen molar-refractivity contribution in [1.82, 2.24) is 10.2 Å². The van der Waals surface area contributed by atoms with Crippen LogP contribution in [0.1, 0.15) is 32.7 Å². The highest BCUT2D eigenvalue weighted by Crippen LogP contribution is 2.27. The third-order valence-corrected chi connectivity index (χ3v) is 6.60. The molecule has 0 atom stereocenters. The SMILES string of the molecule is COCCCNC(=O)c1cc(NC(=O)c2cccc(OC)c2)ccc1N1CCN(Cc2ccccc2)CC1. The monoisotopic (exact) mass is 516 g/mol. The fourth-order valence-electron chi connectivity index (χ4n) is 4.54. The number of piperazine rings is 1. The van der Waals surface area contributed by atoms with Gasteiger partial charge >= 0.3 is 0 Å². The van der Waals surface area contributed by atoms with Crippen LogP contribution in [0.25, 0.3) is 0 Å². The summed E-state index contributed by atoms with van der Waals surface area (Å²) in [5, 5.41) is 5.92. The van der Waals surface area contributed by atoms with E-state index < -0.39 is 0 Å². The van der Waals surface area contributed by atoms with Crippen LogP contribution in [0.5, 0.6) is 5.75 Å². The lowest BCUT2D eigenvalue weighted by Crippen LogP contribution is -2.46. The Morgan fingerprint density at radius 3 is 2.39 bits per heavy atom. The summed E-state index contributed by atoms with van der Waals surface area (Å²) in [4.78, 5) is 30.8. The smallest absolute Gasteiger partial charge is 0.255 e. The molecule has 0 spiro atoms. The van der Waals surface area contributed by atoms with E-state index in [0.29, 0.717) is 35.7 Å². The normalized spacial score (nSPS) is 13.7. The molecule has 1 aliphatic heterocycles. The van der Waals surface area contributed by atoms with Gasteiger partial charge in [-0.15, -0.1) is 0 Å². The van der Waals surface area contributed by atoms with Gasteiger partial charge in [-0.25, -0.2) is 0 Å². The van der Waals surface area contributed by atoms with Crippen molar-refractivity contribution in [3.05, 3.63) is 89.5 Å². The summed E-state index contributed by atoms with van der Waals surface area (Å²) in [6.45, 7) is 5.43. The zero-order valence-electron chi connectivity index (χ0n) is 22.1. The highest BCUT2D eigenvalue weighted by Gasteiger charge is 2.22. The molecule has 3 aromatic carbocycles. The summed E-state index contributed by atoms with van der Waals surface area (Å²) >= 11 is 0. The Bertz CT molecular complexity index is 1210. The summed E-state index contributed by atoms with van der Waals surface area (Å²) in [7, 11) is 3.21. The van der Waals surface area contributed by atoms with Crippen molar-refractivity contribution >= 4 is 23.2 Å². The van der Waals surface area contributed by atoms with E-state index in [2.05, 4.69) is 44.7 Å². The number of nitrogens with one attached hydrogen (secondary N) is 2. The van der Waals surface area contributed by atoms with E-state index in [1.165, 1.54) is 5.56 Å². The molecule has 1 aliphatic rings. The fourth-order valence-corrected chi connectivity index (χ4v) is 4.54. The van der Waals surface area contributed by atoms with Crippen molar-refractivity contribution < 1.29 is 19.1 Å². The quantitative estimate of drug-likeness (QED) is 0.375. The zero-order valence-corrected chi connectivity index (χ0v) is 22.1. The second kappa shape index (κ2) is 13.6. The molecule has 8 heteroatoms. The van der Waals surface area contributed by atoms with Gasteiger partial charge in [0.25, 0.3) is 11.8 Å². The maximum Gasteiger partial charge on any atom is 0.255 e. The van der Waals surface area contributed by atoms with Crippen LogP contribution >= 0.6 is 0 Å². The van der Waals surface area contributed by atoms with Crippen LogP contribution in [0.3, 0.4) is 0 Å². The molecule has 8 nitrogen and oxygen atoms in total. The molecule has 2 N–H and O–H groups in total. The Labute approximate surface area is 224 Å². The molecule has 0 radical (unpaired) electrons. The largest absolute Gasteiger partial charge is 0.497 e. The van der Waals surface area contributed by atoms with Crippen LogP contribution in [-0.2, 0) is 11.3 Å². The molecular formula is C30H36N4O4. The number of rotatable bonds is 11. The standard InChI is InChI=1S/C30H36N4O4/c1-37-19-7-14-31-30(36)27-21-25(32-29(35)24-10-6-11-26(20-24)38-2)12-13-28(27)34-17-15-33(16-18-34)22-23-8-4-3-5-9-23/h3-6,8-13,20-21H,7,14-19,22H2,1-2H3,(H,31,36)(H,32,35). The third kappa shape index (κ3) is 7.34. The minimum absolute atomic E-state index is 0.166. The van der Waals surface area contributed by atoms with Crippen LogP contribution in [0.2, 0.25) is 0 Å². The number of carbonyl (C=O) groups is 2. The van der Waals surface area contributed by atoms with E-state index in [4.69, 9.17) is 9.47 Å². The number of methoxy groups -OCH3 is 2. The van der Waals surface area contributed by atoms with Gasteiger partial charge < -0.3 is 25.0 Å². The molecule has 2 amide bonds. The highest BCUT2D eigenvalue weighted by molar-refractivity contribution is 6.06. The first-order valence-electron chi connectivity index (χ1n) is 12.9. The highest BCUT2D eigenvalue weighted by atomic mass is 16.5. The molecule has 1 heterocycles. The lowest BCUT2D eigenvalue weighted by atomic mass is 10.1. The van der Waals surface area contributed by atoms with Gasteiger partial charge in [0.2, 0.25) is 0 Å². The number of ether oxygens (including phenoxy) is 2. The van der Waals surface area contributed by atoms with Crippen molar-refractivity contribution in [3.8, 4) is 5.75 Å². The lowest BCUT2D eigenvalue weighted by Gasteiger charge is -2.37. The minimum atomic E-state index is -0.266. The minimum Gasteiger partial charge on any atom is -0.497 e. The molecule has 200 valence electrons. The second-order valence-electron chi connectivity index (χ2n) is 9.27. The number of carbonyl (C=O) groups excluding carboxylic acids is 2. The maximum absolute atomic E-state index is 13.3. The van der Waals surface area contributed by atoms with Crippen molar-refractivity contribution in [2.75, 3.05) is 63.8 Å². The number of nitrogens with zero attached hydrogens (tertiary/aromatic N) is 2. The predicted molar refractivity (Wildman–Crippen MR) is 150 cm³/mol. The zero-order chi connectivity index (χ0) is 26.7. The van der Waals surface area contributed by atoms with Gasteiger partial charge in [-0.05, 0) is 48.4 Å². The van der Waals surface area contributed by atoms with Crippen LogP contribution in [0.15, 0.2) is 72.8 Å². The molecule has 0 aromatic heterocycles. The van der Waals surface area contributed by atoms with Gasteiger partial charge in [0, 0.05) is 69.9 Å². The molecule has 4 rings (SSSR count). The van der Waals surface area contributed by atoms with Gasteiger partial charge in [-0.2, -0.15) is 0 Å².